The number of nitrogens with one attached hydrogen (secondary N) is 1. The Labute approximate surface area is 116 Å². The first kappa shape index (κ1) is 16.1. The number of hydrogen-bond acceptors (Lipinski definition) is 3. The molecule has 110 valence electrons. The molecule has 0 heterocycles. The van der Waals surface area contributed by atoms with E-state index in [2.05, 4.69) is 5.32 Å². The van der Waals surface area contributed by atoms with Crippen molar-refractivity contribution in [3.8, 4) is 0 Å². The van der Waals surface area contributed by atoms with Gasteiger partial charge in [0.25, 0.3) is 5.91 Å². The minimum absolute atomic E-state index is 0.268. The maximum atomic E-state index is 13.0. The Morgan fingerprint density at radius 2 is 2.15 bits per heavy atom. The highest BCUT2D eigenvalue weighted by Crippen LogP contribution is 2.11. The van der Waals surface area contributed by atoms with Crippen LogP contribution in [0.1, 0.15) is 28.8 Å². The number of carbonyl (C=O) groups excluding carboxylic acids is 1. The van der Waals surface area contributed by atoms with E-state index in [0.717, 1.165) is 0 Å². The van der Waals surface area contributed by atoms with E-state index in [1.54, 1.807) is 6.92 Å². The maximum Gasteiger partial charge on any atom is 0.326 e. The van der Waals surface area contributed by atoms with Gasteiger partial charge in [-0.05, 0) is 43.5 Å². The maximum absolute atomic E-state index is 13.0. The third kappa shape index (κ3) is 4.62. The van der Waals surface area contributed by atoms with E-state index in [4.69, 9.17) is 9.84 Å². The highest BCUT2D eigenvalue weighted by atomic mass is 19.1. The number of hydrogen-bond donors (Lipinski definition) is 2. The second-order valence-corrected chi connectivity index (χ2v) is 4.46. The Bertz CT molecular complexity index is 490. The summed E-state index contributed by atoms with van der Waals surface area (Å²) in [6, 6.07) is 2.76. The molecule has 1 rings (SSSR count). The van der Waals surface area contributed by atoms with E-state index >= 15 is 0 Å². The smallest absolute Gasteiger partial charge is 0.326 e. The molecule has 0 aliphatic carbocycles. The molecule has 1 amide bonds. The van der Waals surface area contributed by atoms with Gasteiger partial charge in [-0.25, -0.2) is 9.18 Å². The molecule has 0 fully saturated rings. The fourth-order valence-electron chi connectivity index (χ4n) is 1.81. The average molecular weight is 283 g/mol. The van der Waals surface area contributed by atoms with Gasteiger partial charge in [-0.1, -0.05) is 0 Å². The topological polar surface area (TPSA) is 75.6 Å². The Kier molecular flexibility index (Phi) is 6.11. The first-order chi connectivity index (χ1) is 9.45. The van der Waals surface area contributed by atoms with Crippen LogP contribution >= 0.6 is 0 Å². The van der Waals surface area contributed by atoms with Crippen LogP contribution in [0, 0.1) is 12.7 Å². The van der Waals surface area contributed by atoms with Gasteiger partial charge in [0.1, 0.15) is 11.9 Å². The van der Waals surface area contributed by atoms with E-state index in [1.807, 2.05) is 0 Å². The Balaban J connectivity index is 2.72. The van der Waals surface area contributed by atoms with Crippen molar-refractivity contribution >= 4 is 11.9 Å². The van der Waals surface area contributed by atoms with Crippen molar-refractivity contribution in [3.63, 3.8) is 0 Å². The predicted molar refractivity (Wildman–Crippen MR) is 71.1 cm³/mol. The summed E-state index contributed by atoms with van der Waals surface area (Å²) in [4.78, 5) is 23.1. The van der Waals surface area contributed by atoms with Crippen LogP contribution in [0.2, 0.25) is 0 Å². The van der Waals surface area contributed by atoms with Crippen LogP contribution in [-0.2, 0) is 9.53 Å². The monoisotopic (exact) mass is 283 g/mol. The van der Waals surface area contributed by atoms with Crippen molar-refractivity contribution in [2.45, 2.75) is 25.8 Å². The van der Waals surface area contributed by atoms with Crippen molar-refractivity contribution in [2.75, 3.05) is 13.7 Å². The summed E-state index contributed by atoms with van der Waals surface area (Å²) in [5.74, 6) is -2.06. The van der Waals surface area contributed by atoms with Gasteiger partial charge in [0.05, 0.1) is 0 Å². The summed E-state index contributed by atoms with van der Waals surface area (Å²) < 4.78 is 17.8. The molecule has 0 bridgehead atoms. The number of amides is 1. The van der Waals surface area contributed by atoms with Gasteiger partial charge in [-0.3, -0.25) is 4.79 Å². The van der Waals surface area contributed by atoms with Crippen molar-refractivity contribution in [3.05, 3.63) is 35.1 Å². The Hall–Kier alpha value is -1.95. The van der Waals surface area contributed by atoms with Gasteiger partial charge < -0.3 is 15.2 Å². The lowest BCUT2D eigenvalue weighted by Crippen LogP contribution is -2.41. The Morgan fingerprint density at radius 1 is 1.45 bits per heavy atom. The SMILES string of the molecule is COCCCC(NC(=O)c1ccc(F)cc1C)C(=O)O. The van der Waals surface area contributed by atoms with Crippen LogP contribution < -0.4 is 5.32 Å². The first-order valence-corrected chi connectivity index (χ1v) is 6.24. The van der Waals surface area contributed by atoms with Crippen LogP contribution in [0.25, 0.3) is 0 Å². The first-order valence-electron chi connectivity index (χ1n) is 6.24. The quantitative estimate of drug-likeness (QED) is 0.747. The molecule has 5 nitrogen and oxygen atoms in total. The van der Waals surface area contributed by atoms with Crippen molar-refractivity contribution < 1.29 is 23.8 Å². The van der Waals surface area contributed by atoms with Gasteiger partial charge in [0.2, 0.25) is 0 Å². The lowest BCUT2D eigenvalue weighted by Gasteiger charge is -2.15. The number of aryl methyl sites for hydroxylation is 1. The van der Waals surface area contributed by atoms with Crippen molar-refractivity contribution in [1.82, 2.24) is 5.32 Å². The fourth-order valence-corrected chi connectivity index (χ4v) is 1.81. The molecule has 0 radical (unpaired) electrons. The van der Waals surface area contributed by atoms with E-state index in [9.17, 15) is 14.0 Å². The largest absolute Gasteiger partial charge is 0.480 e. The lowest BCUT2D eigenvalue weighted by molar-refractivity contribution is -0.139. The van der Waals surface area contributed by atoms with E-state index in [1.165, 1.54) is 25.3 Å². The standard InChI is InChI=1S/C14H18FNO4/c1-9-8-10(15)5-6-11(9)13(17)16-12(14(18)19)4-3-7-20-2/h5-6,8,12H,3-4,7H2,1-2H3,(H,16,17)(H,18,19). The van der Waals surface area contributed by atoms with Gasteiger partial charge in [0, 0.05) is 19.3 Å². The van der Waals surface area contributed by atoms with Gasteiger partial charge >= 0.3 is 5.97 Å². The van der Waals surface area contributed by atoms with Crippen molar-refractivity contribution in [1.29, 1.82) is 0 Å². The lowest BCUT2D eigenvalue weighted by atomic mass is 10.1. The summed E-state index contributed by atoms with van der Waals surface area (Å²) >= 11 is 0. The zero-order valence-corrected chi connectivity index (χ0v) is 11.5. The number of rotatable bonds is 7. The molecule has 1 aromatic rings. The van der Waals surface area contributed by atoms with Gasteiger partial charge in [0.15, 0.2) is 0 Å². The number of carboxylic acid groups (broad SMARTS) is 1. The number of benzene rings is 1. The normalized spacial score (nSPS) is 11.9. The molecule has 0 saturated carbocycles. The number of ether oxygens (including phenoxy) is 1. The third-order valence-electron chi connectivity index (χ3n) is 2.88. The van der Waals surface area contributed by atoms with E-state index < -0.39 is 23.7 Å². The molecule has 0 spiro atoms. The van der Waals surface area contributed by atoms with Crippen molar-refractivity contribution in [2.24, 2.45) is 0 Å². The number of methoxy groups -OCH3 is 1. The molecule has 1 aromatic carbocycles. The van der Waals surface area contributed by atoms with Crippen LogP contribution in [0.3, 0.4) is 0 Å². The van der Waals surface area contributed by atoms with Gasteiger partial charge in [-0.2, -0.15) is 0 Å². The zero-order valence-electron chi connectivity index (χ0n) is 11.5. The van der Waals surface area contributed by atoms with Crippen LogP contribution in [0.5, 0.6) is 0 Å². The summed E-state index contributed by atoms with van der Waals surface area (Å²) in [7, 11) is 1.52. The van der Waals surface area contributed by atoms with Crippen LogP contribution in [-0.4, -0.2) is 36.7 Å². The minimum Gasteiger partial charge on any atom is -0.480 e. The molecule has 1 unspecified atom stereocenters. The number of carboxylic acids is 1. The zero-order chi connectivity index (χ0) is 15.1. The minimum atomic E-state index is -1.10. The van der Waals surface area contributed by atoms with Crippen LogP contribution in [0.15, 0.2) is 18.2 Å². The number of halogens is 1. The average Bonchev–Trinajstić information content (AvgIpc) is 2.37. The summed E-state index contributed by atoms with van der Waals surface area (Å²) in [5, 5.41) is 11.5. The van der Waals surface area contributed by atoms with E-state index in [0.29, 0.717) is 18.6 Å². The van der Waals surface area contributed by atoms with E-state index in [-0.39, 0.29) is 12.0 Å². The molecule has 2 N–H and O–H groups in total. The molecular weight excluding hydrogens is 265 g/mol. The molecule has 6 heteroatoms. The molecule has 20 heavy (non-hydrogen) atoms. The van der Waals surface area contributed by atoms with Crippen LogP contribution in [0.4, 0.5) is 4.39 Å². The predicted octanol–water partition coefficient (Wildman–Crippen LogP) is 1.74. The highest BCUT2D eigenvalue weighted by molar-refractivity contribution is 5.97. The number of carbonyl (C=O) groups is 2. The van der Waals surface area contributed by atoms with Gasteiger partial charge in [-0.15, -0.1) is 0 Å². The summed E-state index contributed by atoms with van der Waals surface area (Å²) in [6.45, 7) is 2.02. The summed E-state index contributed by atoms with van der Waals surface area (Å²) in [6.07, 6.45) is 0.797. The fraction of sp³-hybridized carbons (Fsp3) is 0.429. The Morgan fingerprint density at radius 3 is 2.70 bits per heavy atom. The highest BCUT2D eigenvalue weighted by Gasteiger charge is 2.21. The molecular formula is C14H18FNO4. The molecule has 1 atom stereocenters. The molecule has 0 saturated heterocycles. The summed E-state index contributed by atoms with van der Waals surface area (Å²) in [5.41, 5.74) is 0.730. The number of aliphatic carboxylic acids is 1. The third-order valence-corrected chi connectivity index (χ3v) is 2.88. The molecule has 0 aliphatic heterocycles. The second kappa shape index (κ2) is 7.59. The molecule has 0 aliphatic rings. The molecule has 0 aromatic heterocycles. The second-order valence-electron chi connectivity index (χ2n) is 4.46.